The molecule has 2 rings (SSSR count). The summed E-state index contributed by atoms with van der Waals surface area (Å²) in [4.78, 5) is 2.02. The highest BCUT2D eigenvalue weighted by atomic mass is 79.9. The molecule has 0 radical (unpaired) electrons. The number of halogens is 4. The van der Waals surface area contributed by atoms with Crippen LogP contribution in [-0.4, -0.2) is 26.2 Å². The van der Waals surface area contributed by atoms with Gasteiger partial charge in [-0.3, -0.25) is 0 Å². The van der Waals surface area contributed by atoms with Crippen LogP contribution in [0.5, 0.6) is 0 Å². The Kier molecular flexibility index (Phi) is 3.87. The fourth-order valence-electron chi connectivity index (χ4n) is 2.14. The molecule has 0 bridgehead atoms. The first-order valence-corrected chi connectivity index (χ1v) is 6.49. The first-order chi connectivity index (χ1) is 8.39. The normalized spacial score (nSPS) is 20.2. The molecule has 0 aromatic heterocycles. The highest BCUT2D eigenvalue weighted by Crippen LogP contribution is 2.35. The molecule has 1 fully saturated rings. The van der Waals surface area contributed by atoms with Crippen molar-refractivity contribution in [2.75, 3.05) is 25.0 Å². The van der Waals surface area contributed by atoms with Gasteiger partial charge in [-0.05, 0) is 47.1 Å². The minimum atomic E-state index is -4.30. The van der Waals surface area contributed by atoms with E-state index >= 15 is 0 Å². The second kappa shape index (κ2) is 5.09. The van der Waals surface area contributed by atoms with Gasteiger partial charge in [0.25, 0.3) is 0 Å². The molecule has 1 heterocycles. The highest BCUT2D eigenvalue weighted by Gasteiger charge is 2.31. The van der Waals surface area contributed by atoms with E-state index in [1.807, 2.05) is 11.9 Å². The van der Waals surface area contributed by atoms with Crippen molar-refractivity contribution in [3.8, 4) is 0 Å². The van der Waals surface area contributed by atoms with Gasteiger partial charge in [-0.15, -0.1) is 0 Å². The predicted molar refractivity (Wildman–Crippen MR) is 68.8 cm³/mol. The molecule has 1 aromatic rings. The molecule has 1 aliphatic heterocycles. The minimum absolute atomic E-state index is 0.332. The van der Waals surface area contributed by atoms with E-state index in [1.54, 1.807) is 0 Å². The van der Waals surface area contributed by atoms with Crippen molar-refractivity contribution in [2.45, 2.75) is 18.6 Å². The quantitative estimate of drug-likeness (QED) is 0.899. The number of benzene rings is 1. The Bertz CT molecular complexity index is 428. The third kappa shape index (κ3) is 2.80. The van der Waals surface area contributed by atoms with Gasteiger partial charge >= 0.3 is 6.18 Å². The van der Waals surface area contributed by atoms with Crippen molar-refractivity contribution in [1.29, 1.82) is 0 Å². The second-order valence-corrected chi connectivity index (χ2v) is 5.28. The molecule has 100 valence electrons. The summed E-state index contributed by atoms with van der Waals surface area (Å²) in [7, 11) is 1.91. The molecule has 1 atom stereocenters. The summed E-state index contributed by atoms with van der Waals surface area (Å²) in [6.45, 7) is 1.82. The van der Waals surface area contributed by atoms with E-state index in [4.69, 9.17) is 0 Å². The lowest BCUT2D eigenvalue weighted by atomic mass is 10.1. The molecule has 1 aliphatic rings. The van der Waals surface area contributed by atoms with E-state index in [1.165, 1.54) is 6.07 Å². The SMILES string of the molecule is CN(c1ccc(C(F)(F)F)cc1Br)C1CCNC1. The highest BCUT2D eigenvalue weighted by molar-refractivity contribution is 9.10. The van der Waals surface area contributed by atoms with E-state index in [-0.39, 0.29) is 0 Å². The molecule has 0 aliphatic carbocycles. The van der Waals surface area contributed by atoms with Crippen LogP contribution >= 0.6 is 15.9 Å². The summed E-state index contributed by atoms with van der Waals surface area (Å²) in [5.74, 6) is 0. The molecule has 0 saturated carbocycles. The standard InChI is InChI=1S/C12H14BrF3N2/c1-18(9-4-5-17-7-9)11-3-2-8(6-10(11)13)12(14,15)16/h2-3,6,9,17H,4-5,7H2,1H3. The predicted octanol–water partition coefficient (Wildman–Crippen LogP) is 3.27. The minimum Gasteiger partial charge on any atom is -0.369 e. The number of likely N-dealkylation sites (N-methyl/N-ethyl adjacent to an activating group) is 1. The van der Waals surface area contributed by atoms with Crippen LogP contribution in [0.3, 0.4) is 0 Å². The van der Waals surface area contributed by atoms with E-state index < -0.39 is 11.7 Å². The third-order valence-corrected chi connectivity index (χ3v) is 3.87. The summed E-state index contributed by atoms with van der Waals surface area (Å²) < 4.78 is 38.1. The zero-order chi connectivity index (χ0) is 13.3. The molecular weight excluding hydrogens is 309 g/mol. The van der Waals surface area contributed by atoms with Crippen LogP contribution in [-0.2, 0) is 6.18 Å². The number of nitrogens with zero attached hydrogens (tertiary/aromatic N) is 1. The lowest BCUT2D eigenvalue weighted by Gasteiger charge is -2.27. The van der Waals surface area contributed by atoms with E-state index in [2.05, 4.69) is 21.2 Å². The fourth-order valence-corrected chi connectivity index (χ4v) is 2.79. The Labute approximate surface area is 112 Å². The lowest BCUT2D eigenvalue weighted by molar-refractivity contribution is -0.137. The summed E-state index contributed by atoms with van der Waals surface area (Å²) in [5, 5.41) is 3.24. The Morgan fingerprint density at radius 1 is 1.39 bits per heavy atom. The van der Waals surface area contributed by atoms with Crippen molar-refractivity contribution in [3.63, 3.8) is 0 Å². The Balaban J connectivity index is 2.24. The zero-order valence-corrected chi connectivity index (χ0v) is 11.5. The molecule has 2 nitrogen and oxygen atoms in total. The van der Waals surface area contributed by atoms with Gasteiger partial charge < -0.3 is 10.2 Å². The fraction of sp³-hybridized carbons (Fsp3) is 0.500. The lowest BCUT2D eigenvalue weighted by Crippen LogP contribution is -2.33. The Hall–Kier alpha value is -0.750. The van der Waals surface area contributed by atoms with Gasteiger partial charge in [0.05, 0.1) is 11.3 Å². The van der Waals surface area contributed by atoms with Crippen LogP contribution in [0, 0.1) is 0 Å². The van der Waals surface area contributed by atoms with Crippen molar-refractivity contribution < 1.29 is 13.2 Å². The molecule has 1 unspecified atom stereocenters. The van der Waals surface area contributed by atoms with Crippen LogP contribution in [0.25, 0.3) is 0 Å². The zero-order valence-electron chi connectivity index (χ0n) is 9.89. The van der Waals surface area contributed by atoms with E-state index in [9.17, 15) is 13.2 Å². The summed E-state index contributed by atoms with van der Waals surface area (Å²) in [5.41, 5.74) is 0.160. The molecular formula is C12H14BrF3N2. The molecule has 18 heavy (non-hydrogen) atoms. The maximum Gasteiger partial charge on any atom is 0.416 e. The molecule has 1 saturated heterocycles. The van der Waals surface area contributed by atoms with Crippen molar-refractivity contribution >= 4 is 21.6 Å². The van der Waals surface area contributed by atoms with Gasteiger partial charge in [0.15, 0.2) is 0 Å². The third-order valence-electron chi connectivity index (χ3n) is 3.24. The number of nitrogens with one attached hydrogen (secondary N) is 1. The average molecular weight is 323 g/mol. The van der Waals surface area contributed by atoms with E-state index in [0.29, 0.717) is 10.5 Å². The van der Waals surface area contributed by atoms with Crippen LogP contribution in [0.2, 0.25) is 0 Å². The van der Waals surface area contributed by atoms with Crippen molar-refractivity contribution in [3.05, 3.63) is 28.2 Å². The first kappa shape index (κ1) is 13.7. The Morgan fingerprint density at radius 2 is 2.11 bits per heavy atom. The second-order valence-electron chi connectivity index (χ2n) is 4.42. The summed E-state index contributed by atoms with van der Waals surface area (Å²) >= 11 is 3.23. The summed E-state index contributed by atoms with van der Waals surface area (Å²) in [6, 6.07) is 4.11. The van der Waals surface area contributed by atoms with Gasteiger partial charge in [-0.2, -0.15) is 13.2 Å². The molecule has 6 heteroatoms. The maximum atomic E-state index is 12.6. The number of hydrogen-bond acceptors (Lipinski definition) is 2. The van der Waals surface area contributed by atoms with Gasteiger partial charge in [0.2, 0.25) is 0 Å². The molecule has 1 N–H and O–H groups in total. The van der Waals surface area contributed by atoms with Crippen LogP contribution in [0.15, 0.2) is 22.7 Å². The topological polar surface area (TPSA) is 15.3 Å². The number of anilines is 1. The largest absolute Gasteiger partial charge is 0.416 e. The first-order valence-electron chi connectivity index (χ1n) is 5.70. The van der Waals surface area contributed by atoms with Gasteiger partial charge in [-0.1, -0.05) is 0 Å². The van der Waals surface area contributed by atoms with Gasteiger partial charge in [0.1, 0.15) is 0 Å². The van der Waals surface area contributed by atoms with Crippen LogP contribution in [0.1, 0.15) is 12.0 Å². The van der Waals surface area contributed by atoms with E-state index in [0.717, 1.165) is 37.3 Å². The molecule has 0 amide bonds. The van der Waals surface area contributed by atoms with Crippen LogP contribution < -0.4 is 10.2 Å². The maximum absolute atomic E-state index is 12.6. The Morgan fingerprint density at radius 3 is 2.61 bits per heavy atom. The smallest absolute Gasteiger partial charge is 0.369 e. The number of rotatable bonds is 2. The van der Waals surface area contributed by atoms with Crippen LogP contribution in [0.4, 0.5) is 18.9 Å². The van der Waals surface area contributed by atoms with Crippen molar-refractivity contribution in [1.82, 2.24) is 5.32 Å². The molecule has 0 spiro atoms. The molecule has 1 aromatic carbocycles. The summed E-state index contributed by atoms with van der Waals surface area (Å²) in [6.07, 6.45) is -3.29. The number of alkyl halides is 3. The monoisotopic (exact) mass is 322 g/mol. The average Bonchev–Trinajstić information content (AvgIpc) is 2.80. The number of hydrogen-bond donors (Lipinski definition) is 1. The van der Waals surface area contributed by atoms with Gasteiger partial charge in [0, 0.05) is 24.1 Å². The van der Waals surface area contributed by atoms with Gasteiger partial charge in [-0.25, -0.2) is 0 Å². The van der Waals surface area contributed by atoms with Crippen molar-refractivity contribution in [2.24, 2.45) is 0 Å².